The average molecular weight is 353 g/mol. The molecule has 0 spiro atoms. The number of allylic oxidation sites excluding steroid dienone is 1. The second kappa shape index (κ2) is 7.76. The Morgan fingerprint density at radius 1 is 0.909 bits per heavy atom. The fourth-order valence-electron chi connectivity index (χ4n) is 2.28. The summed E-state index contributed by atoms with van der Waals surface area (Å²) in [5.41, 5.74) is 3.74. The lowest BCUT2D eigenvalue weighted by Gasteiger charge is -2.16. The smallest absolute Gasteiger partial charge is 0.145 e. The maximum Gasteiger partial charge on any atom is 0.145 e. The molecule has 0 saturated heterocycles. The number of hydrogen-bond donors (Lipinski definition) is 3. The van der Waals surface area contributed by atoms with Gasteiger partial charge in [-0.15, -0.1) is 0 Å². The van der Waals surface area contributed by atoms with Gasteiger partial charge in [0.25, 0.3) is 0 Å². The summed E-state index contributed by atoms with van der Waals surface area (Å²) in [6.07, 6.45) is 3.98. The first-order valence-corrected chi connectivity index (χ1v) is 7.60. The summed E-state index contributed by atoms with van der Waals surface area (Å²) in [4.78, 5) is 0. The fraction of sp³-hybridized carbons (Fsp3) is 0.125. The Bertz CT molecular complexity index is 699. The van der Waals surface area contributed by atoms with Crippen LogP contribution in [0.25, 0.3) is 17.2 Å². The molecule has 2 rings (SSSR count). The van der Waals surface area contributed by atoms with E-state index in [9.17, 15) is 0 Å². The number of benzene rings is 2. The molecule has 2 aromatic carbocycles. The molecule has 0 aliphatic carbocycles. The zero-order valence-corrected chi connectivity index (χ0v) is 14.8. The van der Waals surface area contributed by atoms with Gasteiger partial charge in [-0.25, -0.2) is 0 Å². The van der Waals surface area contributed by atoms with E-state index in [4.69, 9.17) is 12.5 Å². The molecule has 0 aliphatic rings. The fourth-order valence-corrected chi connectivity index (χ4v) is 2.70. The Morgan fingerprint density at radius 3 is 2.18 bits per heavy atom. The highest BCUT2D eigenvalue weighted by atomic mass is 32.1. The predicted octanol–water partition coefficient (Wildman–Crippen LogP) is 5.37. The third kappa shape index (κ3) is 3.34. The molecule has 0 unspecified atom stereocenters. The lowest BCUT2D eigenvalue weighted by molar-refractivity contribution is 0.638. The molecule has 6 heteroatoms. The van der Waals surface area contributed by atoms with E-state index in [1.807, 2.05) is 44.2 Å². The number of aryl methyl sites for hydroxylation is 1. The van der Waals surface area contributed by atoms with Gasteiger partial charge in [0.15, 0.2) is 0 Å². The van der Waals surface area contributed by atoms with Crippen LogP contribution in [-0.4, -0.2) is 0 Å². The monoisotopic (exact) mass is 352 g/mol. The quantitative estimate of drug-likeness (QED) is 0.499. The van der Waals surface area contributed by atoms with Crippen LogP contribution in [0.4, 0.5) is 0 Å². The summed E-state index contributed by atoms with van der Waals surface area (Å²) in [6, 6.07) is 9.16. The minimum Gasteiger partial charge on any atom is -0.429 e. The molecule has 0 bridgehead atoms. The average Bonchev–Trinajstić information content (AvgIpc) is 2.56. The minimum absolute atomic E-state index is 0.584. The van der Waals surface area contributed by atoms with Crippen LogP contribution >= 0.6 is 38.7 Å². The first-order chi connectivity index (χ1) is 10.7. The molecule has 0 amide bonds. The second-order valence-corrected chi connectivity index (χ2v) is 5.15. The summed E-state index contributed by atoms with van der Waals surface area (Å²) < 4.78 is 15.4. The van der Waals surface area contributed by atoms with Gasteiger partial charge in [0.1, 0.15) is 17.2 Å². The first kappa shape index (κ1) is 17.0. The third-order valence-corrected chi connectivity index (χ3v) is 3.89. The van der Waals surface area contributed by atoms with Gasteiger partial charge in [-0.3, -0.25) is 0 Å². The Balaban J connectivity index is 2.83. The normalized spacial score (nSPS) is 10.8. The molecular weight excluding hydrogens is 336 g/mol. The maximum atomic E-state index is 5.23. The molecule has 116 valence electrons. The Labute approximate surface area is 147 Å². The first-order valence-electron chi connectivity index (χ1n) is 6.51. The molecule has 0 atom stereocenters. The number of hydrogen-bond acceptors (Lipinski definition) is 6. The Morgan fingerprint density at radius 2 is 1.59 bits per heavy atom. The molecule has 0 N–H and O–H groups in total. The topological polar surface area (TPSA) is 27.7 Å². The van der Waals surface area contributed by atoms with Crippen LogP contribution in [-0.2, 0) is 0 Å². The van der Waals surface area contributed by atoms with Crippen molar-refractivity contribution >= 4 is 44.8 Å². The van der Waals surface area contributed by atoms with E-state index in [0.29, 0.717) is 17.2 Å². The maximum absolute atomic E-state index is 5.23. The lowest BCUT2D eigenvalue weighted by Crippen LogP contribution is -1.94. The van der Waals surface area contributed by atoms with Gasteiger partial charge in [-0.2, -0.15) is 0 Å². The number of thiol groups is 3. The third-order valence-electron chi connectivity index (χ3n) is 3.28. The summed E-state index contributed by atoms with van der Waals surface area (Å²) in [5.74, 6) is 1.79. The van der Waals surface area contributed by atoms with Crippen LogP contribution in [0.1, 0.15) is 18.1 Å². The van der Waals surface area contributed by atoms with Gasteiger partial charge in [0, 0.05) is 49.9 Å². The summed E-state index contributed by atoms with van der Waals surface area (Å²) in [5, 5.41) is 0. The standard InChI is InChI=1S/C16H16O3S3/c1-3-4-12-10(2)5-7-15(19-22)16(12)13-9-11(17-20)6-8-14(13)18-21/h3-9,20-22H,1-2H3/b4-3-. The molecule has 0 heterocycles. The van der Waals surface area contributed by atoms with Gasteiger partial charge in [0.2, 0.25) is 0 Å². The Kier molecular flexibility index (Phi) is 5.99. The molecule has 0 aliphatic heterocycles. The van der Waals surface area contributed by atoms with Crippen LogP contribution in [0.3, 0.4) is 0 Å². The van der Waals surface area contributed by atoms with Gasteiger partial charge >= 0.3 is 0 Å². The van der Waals surface area contributed by atoms with Crippen LogP contribution in [0.5, 0.6) is 17.2 Å². The van der Waals surface area contributed by atoms with Crippen molar-refractivity contribution in [1.29, 1.82) is 0 Å². The van der Waals surface area contributed by atoms with Crippen LogP contribution in [0, 0.1) is 6.92 Å². The van der Waals surface area contributed by atoms with Crippen molar-refractivity contribution in [2.24, 2.45) is 0 Å². The molecular formula is C16H16O3S3. The van der Waals surface area contributed by atoms with Crippen LogP contribution < -0.4 is 12.5 Å². The minimum atomic E-state index is 0.584. The molecule has 0 radical (unpaired) electrons. The highest BCUT2D eigenvalue weighted by molar-refractivity contribution is 7.75. The van der Waals surface area contributed by atoms with Gasteiger partial charge in [0.05, 0.1) is 0 Å². The van der Waals surface area contributed by atoms with Crippen LogP contribution in [0.15, 0.2) is 36.4 Å². The molecule has 0 aromatic heterocycles. The highest BCUT2D eigenvalue weighted by Crippen LogP contribution is 2.43. The molecule has 0 fully saturated rings. The second-order valence-electron chi connectivity index (χ2n) is 4.60. The van der Waals surface area contributed by atoms with Crippen molar-refractivity contribution in [3.63, 3.8) is 0 Å². The van der Waals surface area contributed by atoms with Crippen molar-refractivity contribution < 1.29 is 12.5 Å². The van der Waals surface area contributed by atoms with Crippen molar-refractivity contribution in [1.82, 2.24) is 0 Å². The summed E-state index contributed by atoms with van der Waals surface area (Å²) in [7, 11) is 0. The highest BCUT2D eigenvalue weighted by Gasteiger charge is 2.18. The molecule has 3 nitrogen and oxygen atoms in total. The van der Waals surface area contributed by atoms with E-state index in [1.54, 1.807) is 12.1 Å². The van der Waals surface area contributed by atoms with E-state index in [1.165, 1.54) is 0 Å². The van der Waals surface area contributed by atoms with Crippen molar-refractivity contribution in [3.8, 4) is 28.4 Å². The van der Waals surface area contributed by atoms with Gasteiger partial charge in [-0.1, -0.05) is 18.2 Å². The van der Waals surface area contributed by atoms with Gasteiger partial charge < -0.3 is 12.5 Å². The van der Waals surface area contributed by atoms with E-state index in [-0.39, 0.29) is 0 Å². The lowest BCUT2D eigenvalue weighted by atomic mass is 9.94. The molecule has 22 heavy (non-hydrogen) atoms. The zero-order valence-electron chi connectivity index (χ0n) is 12.1. The van der Waals surface area contributed by atoms with E-state index >= 15 is 0 Å². The van der Waals surface area contributed by atoms with E-state index in [0.717, 1.165) is 22.3 Å². The summed E-state index contributed by atoms with van der Waals surface area (Å²) >= 11 is 11.7. The van der Waals surface area contributed by atoms with Crippen LogP contribution in [0.2, 0.25) is 0 Å². The predicted molar refractivity (Wildman–Crippen MR) is 100 cm³/mol. The van der Waals surface area contributed by atoms with Crippen molar-refractivity contribution in [2.75, 3.05) is 0 Å². The van der Waals surface area contributed by atoms with Crippen molar-refractivity contribution in [2.45, 2.75) is 13.8 Å². The SMILES string of the molecule is C/C=C\c1c(C)ccc(OS)c1-c1cc(OS)ccc1OS. The molecule has 2 aromatic rings. The zero-order chi connectivity index (χ0) is 16.1. The van der Waals surface area contributed by atoms with E-state index in [2.05, 4.69) is 38.7 Å². The number of rotatable bonds is 5. The van der Waals surface area contributed by atoms with E-state index < -0.39 is 0 Å². The largest absolute Gasteiger partial charge is 0.429 e. The van der Waals surface area contributed by atoms with Crippen molar-refractivity contribution in [3.05, 3.63) is 47.5 Å². The molecule has 0 saturated carbocycles. The Hall–Kier alpha value is -1.37. The van der Waals surface area contributed by atoms with Gasteiger partial charge in [-0.05, 0) is 49.2 Å². The summed E-state index contributed by atoms with van der Waals surface area (Å²) in [6.45, 7) is 3.99.